The Morgan fingerprint density at radius 2 is 2.00 bits per heavy atom. The molecule has 2 N–H and O–H groups in total. The van der Waals surface area contributed by atoms with Gasteiger partial charge in [0.2, 0.25) is 5.91 Å². The van der Waals surface area contributed by atoms with Gasteiger partial charge in [-0.2, -0.15) is 0 Å². The molecule has 1 atom stereocenters. The van der Waals surface area contributed by atoms with E-state index in [2.05, 4.69) is 0 Å². The number of carbonyl (C=O) groups excluding carboxylic acids is 3. The summed E-state index contributed by atoms with van der Waals surface area (Å²) in [5.41, 5.74) is 5.17. The molecular formula is C16H19N3O4. The van der Waals surface area contributed by atoms with E-state index in [1.54, 1.807) is 0 Å². The average Bonchev–Trinajstić information content (AvgIpc) is 2.99. The molecular weight excluding hydrogens is 298 g/mol. The van der Waals surface area contributed by atoms with Crippen molar-refractivity contribution in [2.24, 2.45) is 5.73 Å². The van der Waals surface area contributed by atoms with E-state index in [1.165, 1.54) is 9.80 Å². The van der Waals surface area contributed by atoms with Crippen LogP contribution in [-0.4, -0.2) is 52.9 Å². The van der Waals surface area contributed by atoms with Crippen molar-refractivity contribution in [2.75, 3.05) is 19.6 Å². The molecule has 7 heteroatoms. The van der Waals surface area contributed by atoms with Gasteiger partial charge in [0.1, 0.15) is 12.1 Å². The van der Waals surface area contributed by atoms with Crippen LogP contribution in [0.4, 0.5) is 4.79 Å². The zero-order chi connectivity index (χ0) is 16.4. The standard InChI is InChI=1S/C16H19N3O4/c17-13(20)9-18-11-16(14(18)21)7-4-8-19(16)15(22)23-10-12-5-2-1-3-6-12/h1-3,5-6H,4,7-11H2,(H2,17,20). The molecule has 0 aliphatic carbocycles. The zero-order valence-corrected chi connectivity index (χ0v) is 12.7. The quantitative estimate of drug-likeness (QED) is 0.818. The minimum absolute atomic E-state index is 0.104. The van der Waals surface area contributed by atoms with Gasteiger partial charge in [0.15, 0.2) is 0 Å². The minimum Gasteiger partial charge on any atom is -0.445 e. The van der Waals surface area contributed by atoms with Crippen molar-refractivity contribution in [3.63, 3.8) is 0 Å². The van der Waals surface area contributed by atoms with Gasteiger partial charge in [0, 0.05) is 6.54 Å². The molecule has 0 aromatic heterocycles. The van der Waals surface area contributed by atoms with Gasteiger partial charge < -0.3 is 15.4 Å². The summed E-state index contributed by atoms with van der Waals surface area (Å²) in [4.78, 5) is 38.5. The fourth-order valence-electron chi connectivity index (χ4n) is 3.30. The maximum Gasteiger partial charge on any atom is 0.411 e. The van der Waals surface area contributed by atoms with Crippen LogP contribution in [0.25, 0.3) is 0 Å². The molecule has 2 aliphatic heterocycles. The summed E-state index contributed by atoms with van der Waals surface area (Å²) in [6.07, 6.45) is 0.858. The number of nitrogens with zero attached hydrogens (tertiary/aromatic N) is 2. The molecule has 1 aromatic carbocycles. The van der Waals surface area contributed by atoms with Crippen molar-refractivity contribution in [2.45, 2.75) is 25.0 Å². The first-order chi connectivity index (χ1) is 11.0. The largest absolute Gasteiger partial charge is 0.445 e. The molecule has 2 aliphatic rings. The summed E-state index contributed by atoms with van der Waals surface area (Å²) < 4.78 is 5.33. The second-order valence-corrected chi connectivity index (χ2v) is 5.95. The zero-order valence-electron chi connectivity index (χ0n) is 12.7. The van der Waals surface area contributed by atoms with E-state index < -0.39 is 17.5 Å². The monoisotopic (exact) mass is 317 g/mol. The molecule has 2 heterocycles. The van der Waals surface area contributed by atoms with Crippen LogP contribution in [0.5, 0.6) is 0 Å². The number of carbonyl (C=O) groups is 3. The minimum atomic E-state index is -0.844. The number of ether oxygens (including phenoxy) is 1. The van der Waals surface area contributed by atoms with Gasteiger partial charge >= 0.3 is 6.09 Å². The lowest BCUT2D eigenvalue weighted by Gasteiger charge is -2.50. The Bertz CT molecular complexity index is 633. The molecule has 23 heavy (non-hydrogen) atoms. The molecule has 122 valence electrons. The Balaban J connectivity index is 1.62. The number of hydrogen-bond donors (Lipinski definition) is 1. The van der Waals surface area contributed by atoms with Crippen LogP contribution in [0.15, 0.2) is 30.3 Å². The normalized spacial score (nSPS) is 23.0. The first-order valence-electron chi connectivity index (χ1n) is 7.59. The molecule has 1 aromatic rings. The molecule has 0 radical (unpaired) electrons. The summed E-state index contributed by atoms with van der Waals surface area (Å²) in [6, 6.07) is 9.38. The number of nitrogens with two attached hydrogens (primary N) is 1. The Morgan fingerprint density at radius 3 is 2.65 bits per heavy atom. The SMILES string of the molecule is NC(=O)CN1CC2(CCCN2C(=O)OCc2ccccc2)C1=O. The summed E-state index contributed by atoms with van der Waals surface area (Å²) in [5, 5.41) is 0. The van der Waals surface area contributed by atoms with Crippen molar-refractivity contribution >= 4 is 17.9 Å². The summed E-state index contributed by atoms with van der Waals surface area (Å²) >= 11 is 0. The van der Waals surface area contributed by atoms with Crippen LogP contribution < -0.4 is 5.73 Å². The van der Waals surface area contributed by atoms with Gasteiger partial charge in [-0.1, -0.05) is 30.3 Å². The molecule has 0 saturated carbocycles. The summed E-state index contributed by atoms with van der Waals surface area (Å²) in [6.45, 7) is 0.901. The third-order valence-corrected chi connectivity index (χ3v) is 4.40. The van der Waals surface area contributed by atoms with Crippen molar-refractivity contribution in [3.8, 4) is 0 Å². The number of rotatable bonds is 4. The van der Waals surface area contributed by atoms with Gasteiger partial charge in [0.05, 0.1) is 13.1 Å². The van der Waals surface area contributed by atoms with Gasteiger partial charge in [-0.25, -0.2) is 4.79 Å². The van der Waals surface area contributed by atoms with Gasteiger partial charge in [-0.3, -0.25) is 14.5 Å². The maximum absolute atomic E-state index is 12.4. The van der Waals surface area contributed by atoms with Crippen molar-refractivity contribution in [1.29, 1.82) is 0 Å². The predicted molar refractivity (Wildman–Crippen MR) is 81.1 cm³/mol. The first-order valence-corrected chi connectivity index (χ1v) is 7.59. The van der Waals surface area contributed by atoms with E-state index in [1.807, 2.05) is 30.3 Å². The van der Waals surface area contributed by atoms with Crippen molar-refractivity contribution in [1.82, 2.24) is 9.80 Å². The second-order valence-electron chi connectivity index (χ2n) is 5.95. The van der Waals surface area contributed by atoms with Crippen molar-refractivity contribution < 1.29 is 19.1 Å². The highest BCUT2D eigenvalue weighted by Gasteiger charge is 2.60. The third kappa shape index (κ3) is 2.74. The van der Waals surface area contributed by atoms with Crippen LogP contribution in [-0.2, 0) is 20.9 Å². The Morgan fingerprint density at radius 1 is 1.26 bits per heavy atom. The average molecular weight is 317 g/mol. The highest BCUT2D eigenvalue weighted by Crippen LogP contribution is 2.39. The molecule has 2 fully saturated rings. The van der Waals surface area contributed by atoms with Crippen LogP contribution in [0.3, 0.4) is 0 Å². The lowest BCUT2D eigenvalue weighted by molar-refractivity contribution is -0.161. The van der Waals surface area contributed by atoms with E-state index >= 15 is 0 Å². The smallest absolute Gasteiger partial charge is 0.411 e. The van der Waals surface area contributed by atoms with Crippen molar-refractivity contribution in [3.05, 3.63) is 35.9 Å². The van der Waals surface area contributed by atoms with E-state index in [9.17, 15) is 14.4 Å². The van der Waals surface area contributed by atoms with E-state index in [4.69, 9.17) is 10.5 Å². The molecule has 0 bridgehead atoms. The van der Waals surface area contributed by atoms with E-state index in [-0.39, 0.29) is 19.1 Å². The maximum atomic E-state index is 12.4. The number of primary amides is 1. The molecule has 1 unspecified atom stereocenters. The molecule has 3 rings (SSSR count). The highest BCUT2D eigenvalue weighted by molar-refractivity contribution is 5.98. The molecule has 3 amide bonds. The summed E-state index contributed by atoms with van der Waals surface area (Å²) in [7, 11) is 0. The van der Waals surface area contributed by atoms with Crippen LogP contribution in [0.2, 0.25) is 0 Å². The predicted octanol–water partition coefficient (Wildman–Crippen LogP) is 0.485. The number of hydrogen-bond acceptors (Lipinski definition) is 4. The van der Waals surface area contributed by atoms with Crippen LogP contribution >= 0.6 is 0 Å². The van der Waals surface area contributed by atoms with Gasteiger partial charge in [-0.05, 0) is 18.4 Å². The lowest BCUT2D eigenvalue weighted by Crippen LogP contribution is -2.73. The van der Waals surface area contributed by atoms with Crippen LogP contribution in [0, 0.1) is 0 Å². The Labute approximate surface area is 134 Å². The van der Waals surface area contributed by atoms with Gasteiger partial charge in [0.25, 0.3) is 5.91 Å². The molecule has 7 nitrogen and oxygen atoms in total. The van der Waals surface area contributed by atoms with E-state index in [0.717, 1.165) is 12.0 Å². The third-order valence-electron chi connectivity index (χ3n) is 4.40. The fraction of sp³-hybridized carbons (Fsp3) is 0.438. The fourth-order valence-corrected chi connectivity index (χ4v) is 3.30. The van der Waals surface area contributed by atoms with E-state index in [0.29, 0.717) is 19.5 Å². The number of benzene rings is 1. The highest BCUT2D eigenvalue weighted by atomic mass is 16.6. The first kappa shape index (κ1) is 15.3. The number of likely N-dealkylation sites (tertiary alicyclic amines) is 2. The second kappa shape index (κ2) is 5.91. The number of amides is 3. The lowest BCUT2D eigenvalue weighted by atomic mass is 9.86. The Kier molecular flexibility index (Phi) is 3.94. The molecule has 1 spiro atoms. The van der Waals surface area contributed by atoms with Crippen LogP contribution in [0.1, 0.15) is 18.4 Å². The number of β-lactam (4-membered cyclic amide) rings is 1. The topological polar surface area (TPSA) is 92.9 Å². The molecule has 2 saturated heterocycles. The summed E-state index contributed by atoms with van der Waals surface area (Å²) in [5.74, 6) is -0.769. The van der Waals surface area contributed by atoms with Gasteiger partial charge in [-0.15, -0.1) is 0 Å². The Hall–Kier alpha value is -2.57.